The number of nitrogen functional groups attached to an aromatic ring is 1. The maximum atomic E-state index is 5.74. The van der Waals surface area contributed by atoms with E-state index in [1.54, 1.807) is 7.11 Å². The fraction of sp³-hybridized carbons (Fsp3) is 0.455. The van der Waals surface area contributed by atoms with E-state index in [0.717, 1.165) is 24.8 Å². The highest BCUT2D eigenvalue weighted by Crippen LogP contribution is 2.30. The van der Waals surface area contributed by atoms with Gasteiger partial charge >= 0.3 is 0 Å². The molecule has 0 unspecified atom stereocenters. The molecule has 0 amide bonds. The molecule has 1 aliphatic heterocycles. The number of methoxy groups -OCH3 is 1. The van der Waals surface area contributed by atoms with Crippen molar-refractivity contribution in [2.75, 3.05) is 30.8 Å². The Morgan fingerprint density at radius 2 is 2.14 bits per heavy atom. The van der Waals surface area contributed by atoms with Crippen LogP contribution >= 0.6 is 0 Å². The number of nitrogens with two attached hydrogens (primary N) is 1. The molecule has 0 saturated carbocycles. The molecule has 76 valence electrons. The van der Waals surface area contributed by atoms with Crippen LogP contribution in [0.25, 0.3) is 0 Å². The van der Waals surface area contributed by atoms with Crippen molar-refractivity contribution >= 4 is 11.4 Å². The van der Waals surface area contributed by atoms with Gasteiger partial charge in [-0.2, -0.15) is 0 Å². The molecule has 14 heavy (non-hydrogen) atoms. The molecule has 1 fully saturated rings. The first kappa shape index (κ1) is 9.19. The van der Waals surface area contributed by atoms with Gasteiger partial charge in [0, 0.05) is 24.8 Å². The smallest absolute Gasteiger partial charge is 0.143 e. The van der Waals surface area contributed by atoms with E-state index in [1.165, 1.54) is 5.69 Å². The molecule has 0 atom stereocenters. The molecule has 3 nitrogen and oxygen atoms in total. The van der Waals surface area contributed by atoms with Crippen molar-refractivity contribution < 1.29 is 4.74 Å². The molecule has 1 aliphatic rings. The van der Waals surface area contributed by atoms with Gasteiger partial charge in [0.05, 0.1) is 12.8 Å². The third-order valence-electron chi connectivity index (χ3n) is 2.65. The Morgan fingerprint density at radius 3 is 2.71 bits per heavy atom. The lowest BCUT2D eigenvalue weighted by Gasteiger charge is -2.39. The fourth-order valence-corrected chi connectivity index (χ4v) is 1.81. The zero-order valence-corrected chi connectivity index (χ0v) is 8.66. The second kappa shape index (κ2) is 3.40. The van der Waals surface area contributed by atoms with Gasteiger partial charge in [-0.05, 0) is 18.1 Å². The fourth-order valence-electron chi connectivity index (χ4n) is 1.81. The number of ether oxygens (including phenoxy) is 1. The summed E-state index contributed by atoms with van der Waals surface area (Å²) in [6.07, 6.45) is 0. The molecule has 1 aromatic rings. The number of anilines is 2. The van der Waals surface area contributed by atoms with E-state index in [0.29, 0.717) is 5.69 Å². The average Bonchev–Trinajstić information content (AvgIpc) is 2.14. The largest absolute Gasteiger partial charge is 0.495 e. The minimum Gasteiger partial charge on any atom is -0.495 e. The number of nitrogens with zero attached hydrogens (tertiary/aromatic N) is 1. The lowest BCUT2D eigenvalue weighted by Crippen LogP contribution is -2.45. The van der Waals surface area contributed by atoms with Crippen molar-refractivity contribution in [1.29, 1.82) is 0 Å². The summed E-state index contributed by atoms with van der Waals surface area (Å²) in [5, 5.41) is 0. The van der Waals surface area contributed by atoms with E-state index in [-0.39, 0.29) is 0 Å². The van der Waals surface area contributed by atoms with E-state index in [1.807, 2.05) is 18.2 Å². The van der Waals surface area contributed by atoms with Gasteiger partial charge in [0.2, 0.25) is 0 Å². The molecule has 0 spiro atoms. The van der Waals surface area contributed by atoms with Gasteiger partial charge in [-0.25, -0.2) is 0 Å². The predicted octanol–water partition coefficient (Wildman–Crippen LogP) is 1.73. The summed E-state index contributed by atoms with van der Waals surface area (Å²) in [6, 6.07) is 5.95. The van der Waals surface area contributed by atoms with Crippen LogP contribution in [0.2, 0.25) is 0 Å². The zero-order chi connectivity index (χ0) is 10.1. The first-order chi connectivity index (χ1) is 6.70. The van der Waals surface area contributed by atoms with Gasteiger partial charge in [-0.15, -0.1) is 0 Å². The van der Waals surface area contributed by atoms with Crippen LogP contribution in [0.15, 0.2) is 18.2 Å². The molecule has 0 aromatic heterocycles. The van der Waals surface area contributed by atoms with Crippen LogP contribution in [0.3, 0.4) is 0 Å². The summed E-state index contributed by atoms with van der Waals surface area (Å²) in [5.74, 6) is 1.57. The maximum absolute atomic E-state index is 5.74. The predicted molar refractivity (Wildman–Crippen MR) is 58.8 cm³/mol. The molecule has 3 heteroatoms. The summed E-state index contributed by atoms with van der Waals surface area (Å²) in [4.78, 5) is 2.33. The van der Waals surface area contributed by atoms with Gasteiger partial charge in [0.1, 0.15) is 5.75 Å². The molecule has 1 saturated heterocycles. The maximum Gasteiger partial charge on any atom is 0.143 e. The Morgan fingerprint density at radius 1 is 1.43 bits per heavy atom. The van der Waals surface area contributed by atoms with Crippen molar-refractivity contribution in [3.63, 3.8) is 0 Å². The molecular formula is C11H16N2O. The Balaban J connectivity index is 2.19. The van der Waals surface area contributed by atoms with E-state index < -0.39 is 0 Å². The molecule has 1 aromatic carbocycles. The highest BCUT2D eigenvalue weighted by atomic mass is 16.5. The van der Waals surface area contributed by atoms with E-state index in [4.69, 9.17) is 10.5 Å². The molecule has 2 N–H and O–H groups in total. The lowest BCUT2D eigenvalue weighted by atomic mass is 10.0. The highest BCUT2D eigenvalue weighted by molar-refractivity contribution is 5.63. The van der Waals surface area contributed by atoms with Gasteiger partial charge in [0.25, 0.3) is 0 Å². The number of benzene rings is 1. The van der Waals surface area contributed by atoms with Crippen LogP contribution in [0.5, 0.6) is 5.75 Å². The van der Waals surface area contributed by atoms with Crippen LogP contribution in [0.1, 0.15) is 6.92 Å². The van der Waals surface area contributed by atoms with E-state index >= 15 is 0 Å². The Bertz CT molecular complexity index is 332. The second-order valence-electron chi connectivity index (χ2n) is 3.94. The molecule has 1 heterocycles. The average molecular weight is 192 g/mol. The summed E-state index contributed by atoms with van der Waals surface area (Å²) < 4.78 is 5.18. The van der Waals surface area contributed by atoms with Crippen molar-refractivity contribution in [3.8, 4) is 5.75 Å². The van der Waals surface area contributed by atoms with Crippen LogP contribution in [0, 0.1) is 5.92 Å². The summed E-state index contributed by atoms with van der Waals surface area (Å²) in [5.41, 5.74) is 7.65. The minimum atomic E-state index is 0.699. The van der Waals surface area contributed by atoms with Crippen molar-refractivity contribution in [1.82, 2.24) is 0 Å². The Labute approximate surface area is 84.5 Å². The zero-order valence-electron chi connectivity index (χ0n) is 8.66. The molecule has 0 bridgehead atoms. The Kier molecular flexibility index (Phi) is 2.23. The quantitative estimate of drug-likeness (QED) is 0.725. The minimum absolute atomic E-state index is 0.699. The summed E-state index contributed by atoms with van der Waals surface area (Å²) in [6.45, 7) is 4.52. The molecule has 2 rings (SSSR count). The number of rotatable bonds is 2. The third-order valence-corrected chi connectivity index (χ3v) is 2.65. The summed E-state index contributed by atoms with van der Waals surface area (Å²) in [7, 11) is 1.65. The number of hydrogen-bond acceptors (Lipinski definition) is 3. The van der Waals surface area contributed by atoms with Gasteiger partial charge in [-0.1, -0.05) is 6.92 Å². The number of hydrogen-bond donors (Lipinski definition) is 1. The highest BCUT2D eigenvalue weighted by Gasteiger charge is 2.22. The SMILES string of the molecule is COc1cc(N2CC(C)C2)ccc1N. The molecule has 0 aliphatic carbocycles. The van der Waals surface area contributed by atoms with Crippen molar-refractivity contribution in [3.05, 3.63) is 18.2 Å². The van der Waals surface area contributed by atoms with Gasteiger partial charge in [-0.3, -0.25) is 0 Å². The molecular weight excluding hydrogens is 176 g/mol. The lowest BCUT2D eigenvalue weighted by molar-refractivity contribution is 0.414. The summed E-state index contributed by atoms with van der Waals surface area (Å²) >= 11 is 0. The first-order valence-corrected chi connectivity index (χ1v) is 4.89. The topological polar surface area (TPSA) is 38.5 Å². The van der Waals surface area contributed by atoms with Crippen LogP contribution in [-0.4, -0.2) is 20.2 Å². The van der Waals surface area contributed by atoms with Crippen LogP contribution in [0.4, 0.5) is 11.4 Å². The Hall–Kier alpha value is -1.38. The monoisotopic (exact) mass is 192 g/mol. The van der Waals surface area contributed by atoms with E-state index in [2.05, 4.69) is 11.8 Å². The van der Waals surface area contributed by atoms with Gasteiger partial charge in [0.15, 0.2) is 0 Å². The molecule has 0 radical (unpaired) electrons. The van der Waals surface area contributed by atoms with Crippen LogP contribution < -0.4 is 15.4 Å². The van der Waals surface area contributed by atoms with Crippen LogP contribution in [-0.2, 0) is 0 Å². The normalized spacial score (nSPS) is 16.6. The van der Waals surface area contributed by atoms with Crippen molar-refractivity contribution in [2.24, 2.45) is 5.92 Å². The third kappa shape index (κ3) is 1.50. The standard InChI is InChI=1S/C11H16N2O/c1-8-6-13(7-8)9-3-4-10(12)11(5-9)14-2/h3-5,8H,6-7,12H2,1-2H3. The van der Waals surface area contributed by atoms with Crippen molar-refractivity contribution in [2.45, 2.75) is 6.92 Å². The first-order valence-electron chi connectivity index (χ1n) is 4.89. The van der Waals surface area contributed by atoms with Gasteiger partial charge < -0.3 is 15.4 Å². The van der Waals surface area contributed by atoms with E-state index in [9.17, 15) is 0 Å². The second-order valence-corrected chi connectivity index (χ2v) is 3.94.